The van der Waals surface area contributed by atoms with Crippen LogP contribution in [0.1, 0.15) is 26.2 Å². The van der Waals surface area contributed by atoms with E-state index in [9.17, 15) is 13.2 Å². The molecule has 2 saturated heterocycles. The van der Waals surface area contributed by atoms with Crippen molar-refractivity contribution in [2.24, 2.45) is 5.92 Å². The molecule has 2 fully saturated rings. The van der Waals surface area contributed by atoms with Gasteiger partial charge in [0.25, 0.3) is 0 Å². The average Bonchev–Trinajstić information content (AvgIpc) is 2.80. The Labute approximate surface area is 134 Å². The molecule has 0 aromatic rings. The summed E-state index contributed by atoms with van der Waals surface area (Å²) in [6, 6.07) is -0.125. The molecular weight excluding hydrogens is 302 g/mol. The van der Waals surface area contributed by atoms with Crippen LogP contribution in [0.15, 0.2) is 0 Å². The van der Waals surface area contributed by atoms with Crippen LogP contribution >= 0.6 is 0 Å². The van der Waals surface area contributed by atoms with Crippen LogP contribution in [0, 0.1) is 5.92 Å². The van der Waals surface area contributed by atoms with Gasteiger partial charge in [0.1, 0.15) is 0 Å². The molecule has 2 rings (SSSR count). The summed E-state index contributed by atoms with van der Waals surface area (Å²) in [5.74, 6) is 1.04. The number of carbonyl (C=O) groups excluding carboxylic acids is 1. The molecule has 0 aliphatic carbocycles. The molecule has 0 radical (unpaired) electrons. The van der Waals surface area contributed by atoms with E-state index in [-0.39, 0.29) is 23.5 Å². The number of nitrogens with one attached hydrogen (secondary N) is 1. The number of carbonyl (C=O) groups is 1. The minimum atomic E-state index is -2.95. The first-order valence-corrected chi connectivity index (χ1v) is 10.1. The summed E-state index contributed by atoms with van der Waals surface area (Å²) in [6.07, 6.45) is 2.93. The molecule has 2 aliphatic heterocycles. The van der Waals surface area contributed by atoms with Gasteiger partial charge in [-0.1, -0.05) is 0 Å². The number of amides is 1. The molecule has 7 heteroatoms. The first kappa shape index (κ1) is 17.7. The summed E-state index contributed by atoms with van der Waals surface area (Å²) in [7, 11) is -0.987. The monoisotopic (exact) mass is 331 g/mol. The molecule has 0 bridgehead atoms. The van der Waals surface area contributed by atoms with Crippen LogP contribution in [0.3, 0.4) is 0 Å². The SMILES string of the molecule is CCN(C(=O)CN1CCCC(CNC)C1)C1CCS(=O)(=O)C1. The topological polar surface area (TPSA) is 69.7 Å². The second-order valence-electron chi connectivity index (χ2n) is 6.54. The molecule has 0 saturated carbocycles. The molecule has 1 amide bonds. The Morgan fingerprint density at radius 1 is 1.36 bits per heavy atom. The van der Waals surface area contributed by atoms with Crippen molar-refractivity contribution in [3.8, 4) is 0 Å². The molecule has 6 nitrogen and oxygen atoms in total. The predicted molar refractivity (Wildman–Crippen MR) is 87.5 cm³/mol. The van der Waals surface area contributed by atoms with E-state index in [0.717, 1.165) is 26.1 Å². The summed E-state index contributed by atoms with van der Waals surface area (Å²) in [6.45, 7) is 5.85. The summed E-state index contributed by atoms with van der Waals surface area (Å²) in [5.41, 5.74) is 0. The quantitative estimate of drug-likeness (QED) is 0.739. The molecule has 2 aliphatic rings. The van der Waals surface area contributed by atoms with E-state index in [2.05, 4.69) is 10.2 Å². The van der Waals surface area contributed by atoms with E-state index in [1.165, 1.54) is 6.42 Å². The number of hydrogen-bond donors (Lipinski definition) is 1. The van der Waals surface area contributed by atoms with E-state index in [0.29, 0.717) is 25.4 Å². The van der Waals surface area contributed by atoms with E-state index in [1.54, 1.807) is 4.90 Å². The maximum atomic E-state index is 12.6. The van der Waals surface area contributed by atoms with Gasteiger partial charge in [-0.3, -0.25) is 9.69 Å². The third-order valence-corrected chi connectivity index (χ3v) is 6.52. The lowest BCUT2D eigenvalue weighted by Crippen LogP contribution is -2.48. The van der Waals surface area contributed by atoms with E-state index < -0.39 is 9.84 Å². The van der Waals surface area contributed by atoms with Gasteiger partial charge >= 0.3 is 0 Å². The molecule has 0 spiro atoms. The lowest BCUT2D eigenvalue weighted by molar-refractivity contribution is -0.134. The third-order valence-electron chi connectivity index (χ3n) is 4.76. The standard InChI is InChI=1S/C15H29N3O3S/c1-3-18(14-6-8-22(20,21)12-14)15(19)11-17-7-4-5-13(10-17)9-16-2/h13-14,16H,3-12H2,1-2H3. The van der Waals surface area contributed by atoms with Crippen molar-refractivity contribution < 1.29 is 13.2 Å². The third kappa shape index (κ3) is 4.67. The first-order valence-electron chi connectivity index (χ1n) is 8.32. The van der Waals surface area contributed by atoms with Crippen LogP contribution < -0.4 is 5.32 Å². The highest BCUT2D eigenvalue weighted by molar-refractivity contribution is 7.91. The summed E-state index contributed by atoms with van der Waals surface area (Å²) in [4.78, 5) is 16.6. The number of rotatable bonds is 6. The van der Waals surface area contributed by atoms with E-state index in [4.69, 9.17) is 0 Å². The summed E-state index contributed by atoms with van der Waals surface area (Å²) in [5, 5.41) is 3.21. The van der Waals surface area contributed by atoms with Gasteiger partial charge in [-0.2, -0.15) is 0 Å². The fraction of sp³-hybridized carbons (Fsp3) is 0.933. The Bertz CT molecular complexity index is 478. The second-order valence-corrected chi connectivity index (χ2v) is 8.77. The number of piperidine rings is 1. The Kier molecular flexibility index (Phi) is 6.23. The zero-order valence-electron chi connectivity index (χ0n) is 13.8. The highest BCUT2D eigenvalue weighted by Crippen LogP contribution is 2.19. The average molecular weight is 331 g/mol. The van der Waals surface area contributed by atoms with Crippen LogP contribution in [0.4, 0.5) is 0 Å². The molecule has 2 unspecified atom stereocenters. The Morgan fingerprint density at radius 3 is 2.73 bits per heavy atom. The van der Waals surface area contributed by atoms with Gasteiger partial charge in [0.15, 0.2) is 9.84 Å². The van der Waals surface area contributed by atoms with Gasteiger partial charge in [-0.15, -0.1) is 0 Å². The molecule has 0 aromatic heterocycles. The smallest absolute Gasteiger partial charge is 0.237 e. The van der Waals surface area contributed by atoms with Crippen LogP contribution in [-0.4, -0.2) is 81.4 Å². The minimum Gasteiger partial charge on any atom is -0.338 e. The molecule has 22 heavy (non-hydrogen) atoms. The zero-order valence-corrected chi connectivity index (χ0v) is 14.6. The lowest BCUT2D eigenvalue weighted by Gasteiger charge is -2.35. The summed E-state index contributed by atoms with van der Waals surface area (Å²) >= 11 is 0. The molecule has 128 valence electrons. The lowest BCUT2D eigenvalue weighted by atomic mass is 9.98. The highest BCUT2D eigenvalue weighted by Gasteiger charge is 2.34. The molecule has 1 N–H and O–H groups in total. The zero-order chi connectivity index (χ0) is 16.2. The fourth-order valence-corrected chi connectivity index (χ4v) is 5.42. The van der Waals surface area contributed by atoms with Gasteiger partial charge in [-0.25, -0.2) is 8.42 Å². The van der Waals surface area contributed by atoms with Crippen molar-refractivity contribution in [3.63, 3.8) is 0 Å². The Hall–Kier alpha value is -0.660. The van der Waals surface area contributed by atoms with Gasteiger partial charge in [0.05, 0.1) is 18.1 Å². The minimum absolute atomic E-state index is 0.0784. The van der Waals surface area contributed by atoms with Crippen LogP contribution in [0.5, 0.6) is 0 Å². The summed E-state index contributed by atoms with van der Waals surface area (Å²) < 4.78 is 23.3. The Morgan fingerprint density at radius 2 is 2.14 bits per heavy atom. The number of likely N-dealkylation sites (tertiary alicyclic amines) is 1. The number of nitrogens with zero attached hydrogens (tertiary/aromatic N) is 2. The number of sulfone groups is 1. The van der Waals surface area contributed by atoms with E-state index in [1.807, 2.05) is 14.0 Å². The van der Waals surface area contributed by atoms with Crippen molar-refractivity contribution >= 4 is 15.7 Å². The second kappa shape index (κ2) is 7.75. The largest absolute Gasteiger partial charge is 0.338 e. The molecule has 2 heterocycles. The molecular formula is C15H29N3O3S. The Balaban J connectivity index is 1.89. The van der Waals surface area contributed by atoms with Gasteiger partial charge in [0, 0.05) is 19.1 Å². The fourth-order valence-electron chi connectivity index (χ4n) is 3.69. The number of likely N-dealkylation sites (N-methyl/N-ethyl adjacent to an activating group) is 1. The molecule has 0 aromatic carbocycles. The van der Waals surface area contributed by atoms with Gasteiger partial charge in [-0.05, 0) is 52.2 Å². The van der Waals surface area contributed by atoms with Gasteiger partial charge in [0.2, 0.25) is 5.91 Å². The molecule has 2 atom stereocenters. The number of hydrogen-bond acceptors (Lipinski definition) is 5. The maximum Gasteiger partial charge on any atom is 0.237 e. The van der Waals surface area contributed by atoms with Crippen LogP contribution in [-0.2, 0) is 14.6 Å². The van der Waals surface area contributed by atoms with Crippen molar-refractivity contribution in [2.45, 2.75) is 32.2 Å². The predicted octanol–water partition coefficient (Wildman–Crippen LogP) is -0.0466. The van der Waals surface area contributed by atoms with Crippen LogP contribution in [0.25, 0.3) is 0 Å². The maximum absolute atomic E-state index is 12.6. The van der Waals surface area contributed by atoms with Gasteiger partial charge < -0.3 is 10.2 Å². The van der Waals surface area contributed by atoms with Crippen molar-refractivity contribution in [1.29, 1.82) is 0 Å². The van der Waals surface area contributed by atoms with E-state index >= 15 is 0 Å². The highest BCUT2D eigenvalue weighted by atomic mass is 32.2. The van der Waals surface area contributed by atoms with Crippen molar-refractivity contribution in [2.75, 3.05) is 51.3 Å². The normalized spacial score (nSPS) is 28.6. The van der Waals surface area contributed by atoms with Crippen molar-refractivity contribution in [1.82, 2.24) is 15.1 Å². The van der Waals surface area contributed by atoms with Crippen LogP contribution in [0.2, 0.25) is 0 Å². The first-order chi connectivity index (χ1) is 10.4. The van der Waals surface area contributed by atoms with Crippen molar-refractivity contribution in [3.05, 3.63) is 0 Å².